The first-order valence-electron chi connectivity index (χ1n) is 9.94. The van der Waals surface area contributed by atoms with Gasteiger partial charge in [0.1, 0.15) is 0 Å². The number of nitrogens with one attached hydrogen (secondary N) is 3. The number of hydrogen-bond donors (Lipinski definition) is 4. The van der Waals surface area contributed by atoms with Gasteiger partial charge in [0.05, 0.1) is 17.1 Å². The fourth-order valence-electron chi connectivity index (χ4n) is 3.65. The molecule has 1 aliphatic rings. The van der Waals surface area contributed by atoms with Crippen molar-refractivity contribution in [1.82, 2.24) is 15.1 Å². The summed E-state index contributed by atoms with van der Waals surface area (Å²) >= 11 is 0. The number of fused-ring (bicyclic) bond motifs is 1. The first-order valence-corrected chi connectivity index (χ1v) is 9.94. The van der Waals surface area contributed by atoms with Crippen molar-refractivity contribution in [3.05, 3.63) is 95.4 Å². The van der Waals surface area contributed by atoms with Crippen LogP contribution in [0.25, 0.3) is 0 Å². The van der Waals surface area contributed by atoms with Crippen LogP contribution in [-0.2, 0) is 0 Å². The number of nitrogen functional groups attached to an aromatic ring is 1. The van der Waals surface area contributed by atoms with E-state index < -0.39 is 0 Å². The number of nitrogens with zero attached hydrogens (tertiary/aromatic N) is 3. The molecule has 8 nitrogen and oxygen atoms in total. The molecule has 31 heavy (non-hydrogen) atoms. The van der Waals surface area contributed by atoms with Crippen LogP contribution in [0.3, 0.4) is 0 Å². The summed E-state index contributed by atoms with van der Waals surface area (Å²) in [5.74, 6) is 1.09. The van der Waals surface area contributed by atoms with E-state index in [4.69, 9.17) is 15.7 Å². The van der Waals surface area contributed by atoms with Crippen molar-refractivity contribution in [3.63, 3.8) is 0 Å². The van der Waals surface area contributed by atoms with Crippen molar-refractivity contribution in [2.75, 3.05) is 16.4 Å². The number of rotatable bonds is 5. The maximum absolute atomic E-state index is 8.52. The van der Waals surface area contributed by atoms with Gasteiger partial charge >= 0.3 is 0 Å². The smallest absolute Gasteiger partial charge is 0.269 e. The molecule has 0 saturated heterocycles. The molecular formula is C23H21N7O. The normalized spacial score (nSPS) is 15.6. The minimum Gasteiger partial charge on any atom is -0.398 e. The Morgan fingerprint density at radius 1 is 1.06 bits per heavy atom. The molecule has 0 spiro atoms. The SMILES string of the molecule is CC(c1ccccc1)c1noc(C2Nc3cc(N)c(C(=N)c4ccncc4)cc3N2)n1. The van der Waals surface area contributed by atoms with E-state index in [0.717, 1.165) is 22.5 Å². The molecule has 5 N–H and O–H groups in total. The number of benzene rings is 2. The van der Waals surface area contributed by atoms with Crippen molar-refractivity contribution in [3.8, 4) is 0 Å². The minimum atomic E-state index is -0.371. The summed E-state index contributed by atoms with van der Waals surface area (Å²) in [7, 11) is 0. The number of anilines is 3. The zero-order chi connectivity index (χ0) is 21.4. The van der Waals surface area contributed by atoms with Gasteiger partial charge in [-0.05, 0) is 29.8 Å². The van der Waals surface area contributed by atoms with E-state index in [1.807, 2.05) is 49.4 Å². The number of hydrogen-bond acceptors (Lipinski definition) is 8. The van der Waals surface area contributed by atoms with Crippen LogP contribution in [0, 0.1) is 5.41 Å². The number of aromatic nitrogens is 3. The zero-order valence-electron chi connectivity index (χ0n) is 16.8. The van der Waals surface area contributed by atoms with E-state index >= 15 is 0 Å². The van der Waals surface area contributed by atoms with Crippen LogP contribution in [0.15, 0.2) is 71.5 Å². The van der Waals surface area contributed by atoms with Crippen LogP contribution in [0.1, 0.15) is 47.4 Å². The lowest BCUT2D eigenvalue weighted by Crippen LogP contribution is -2.12. The summed E-state index contributed by atoms with van der Waals surface area (Å²) < 4.78 is 5.53. The van der Waals surface area contributed by atoms with Gasteiger partial charge in [-0.3, -0.25) is 10.4 Å². The highest BCUT2D eigenvalue weighted by molar-refractivity contribution is 6.15. The minimum absolute atomic E-state index is 0.0190. The average Bonchev–Trinajstić information content (AvgIpc) is 3.46. The average molecular weight is 411 g/mol. The Morgan fingerprint density at radius 2 is 1.77 bits per heavy atom. The number of pyridine rings is 1. The second-order valence-electron chi connectivity index (χ2n) is 7.44. The van der Waals surface area contributed by atoms with E-state index in [0.29, 0.717) is 28.7 Å². The molecule has 2 atom stereocenters. The van der Waals surface area contributed by atoms with Gasteiger partial charge in [-0.25, -0.2) is 0 Å². The summed E-state index contributed by atoms with van der Waals surface area (Å²) in [5, 5.41) is 19.4. The van der Waals surface area contributed by atoms with Crippen LogP contribution >= 0.6 is 0 Å². The van der Waals surface area contributed by atoms with Gasteiger partial charge in [0.2, 0.25) is 0 Å². The van der Waals surface area contributed by atoms with E-state index in [2.05, 4.69) is 25.8 Å². The molecule has 0 fully saturated rings. The molecule has 154 valence electrons. The summed E-state index contributed by atoms with van der Waals surface area (Å²) in [4.78, 5) is 8.60. The van der Waals surface area contributed by atoms with Crippen molar-refractivity contribution in [1.29, 1.82) is 5.41 Å². The lowest BCUT2D eigenvalue weighted by molar-refractivity contribution is 0.365. The Bertz CT molecular complexity index is 1240. The molecule has 0 saturated carbocycles. The van der Waals surface area contributed by atoms with Crippen molar-refractivity contribution >= 4 is 22.8 Å². The Balaban J connectivity index is 1.38. The lowest BCUT2D eigenvalue weighted by Gasteiger charge is -2.10. The van der Waals surface area contributed by atoms with Gasteiger partial charge in [0.15, 0.2) is 12.0 Å². The van der Waals surface area contributed by atoms with Crippen LogP contribution < -0.4 is 16.4 Å². The molecule has 0 aliphatic carbocycles. The molecular weight excluding hydrogens is 390 g/mol. The first kappa shape index (κ1) is 18.8. The van der Waals surface area contributed by atoms with Crippen molar-refractivity contribution in [2.24, 2.45) is 0 Å². The van der Waals surface area contributed by atoms with E-state index in [1.165, 1.54) is 0 Å². The van der Waals surface area contributed by atoms with Crippen molar-refractivity contribution in [2.45, 2.75) is 19.0 Å². The molecule has 0 bridgehead atoms. The van der Waals surface area contributed by atoms with E-state index in [-0.39, 0.29) is 12.1 Å². The Labute approximate surface area is 179 Å². The maximum atomic E-state index is 8.52. The fourth-order valence-corrected chi connectivity index (χ4v) is 3.65. The van der Waals surface area contributed by atoms with Crippen LogP contribution in [0.2, 0.25) is 0 Å². The lowest BCUT2D eigenvalue weighted by atomic mass is 10.0. The second kappa shape index (κ2) is 7.56. The Kier molecular flexibility index (Phi) is 4.59. The summed E-state index contributed by atoms with van der Waals surface area (Å²) in [6, 6.07) is 17.3. The van der Waals surface area contributed by atoms with Crippen LogP contribution in [0.5, 0.6) is 0 Å². The van der Waals surface area contributed by atoms with Gasteiger partial charge in [0.25, 0.3) is 5.89 Å². The van der Waals surface area contributed by atoms with Gasteiger partial charge in [-0.15, -0.1) is 0 Å². The topological polar surface area (TPSA) is 126 Å². The highest BCUT2D eigenvalue weighted by atomic mass is 16.5. The van der Waals surface area contributed by atoms with Crippen LogP contribution in [-0.4, -0.2) is 20.8 Å². The third-order valence-electron chi connectivity index (χ3n) is 5.42. The van der Waals surface area contributed by atoms with Gasteiger partial charge in [0, 0.05) is 35.1 Å². The predicted molar refractivity (Wildman–Crippen MR) is 119 cm³/mol. The molecule has 2 aromatic carbocycles. The summed E-state index contributed by atoms with van der Waals surface area (Å²) in [6.07, 6.45) is 2.95. The monoisotopic (exact) mass is 411 g/mol. The van der Waals surface area contributed by atoms with E-state index in [1.54, 1.807) is 24.5 Å². The third kappa shape index (κ3) is 3.48. The molecule has 0 amide bonds. The Hall–Kier alpha value is -4.20. The molecule has 8 heteroatoms. The largest absolute Gasteiger partial charge is 0.398 e. The second-order valence-corrected chi connectivity index (χ2v) is 7.44. The highest BCUT2D eigenvalue weighted by Crippen LogP contribution is 2.38. The quantitative estimate of drug-likeness (QED) is 0.287. The molecule has 0 radical (unpaired) electrons. The summed E-state index contributed by atoms with van der Waals surface area (Å²) in [5.41, 5.74) is 11.3. The molecule has 4 aromatic rings. The van der Waals surface area contributed by atoms with Crippen molar-refractivity contribution < 1.29 is 4.52 Å². The Morgan fingerprint density at radius 3 is 2.52 bits per heavy atom. The van der Waals surface area contributed by atoms with Gasteiger partial charge in [-0.2, -0.15) is 4.98 Å². The maximum Gasteiger partial charge on any atom is 0.269 e. The molecule has 3 heterocycles. The van der Waals surface area contributed by atoms with Gasteiger partial charge in [-0.1, -0.05) is 42.4 Å². The van der Waals surface area contributed by atoms with E-state index in [9.17, 15) is 0 Å². The third-order valence-corrected chi connectivity index (χ3v) is 5.42. The van der Waals surface area contributed by atoms with Crippen LogP contribution in [0.4, 0.5) is 17.1 Å². The first-order chi connectivity index (χ1) is 15.1. The van der Waals surface area contributed by atoms with Gasteiger partial charge < -0.3 is 20.9 Å². The zero-order valence-corrected chi connectivity index (χ0v) is 16.8. The molecule has 1 aliphatic heterocycles. The predicted octanol–water partition coefficient (Wildman–Crippen LogP) is 4.15. The fraction of sp³-hybridized carbons (Fsp3) is 0.130. The molecule has 2 unspecified atom stereocenters. The highest BCUT2D eigenvalue weighted by Gasteiger charge is 2.28. The standard InChI is InChI=1S/C23H21N7O/c1-13(14-5-3-2-4-6-14)21-29-23(31-30-21)22-27-18-11-16(17(24)12-19(18)28-22)20(25)15-7-9-26-10-8-15/h2-13,22,25,27-28H,24H2,1H3. The molecule has 2 aromatic heterocycles. The summed E-state index contributed by atoms with van der Waals surface area (Å²) in [6.45, 7) is 2.05. The molecule has 5 rings (SSSR count). The number of nitrogens with two attached hydrogens (primary N) is 1.